The van der Waals surface area contributed by atoms with Crippen molar-refractivity contribution in [2.24, 2.45) is 0 Å². The van der Waals surface area contributed by atoms with Crippen molar-refractivity contribution < 1.29 is 14.2 Å². The number of rotatable bonds is 9. The van der Waals surface area contributed by atoms with Gasteiger partial charge in [-0.15, -0.1) is 0 Å². The average Bonchev–Trinajstić information content (AvgIpc) is 2.39. The Balaban J connectivity index is 2.26. The van der Waals surface area contributed by atoms with Gasteiger partial charge >= 0.3 is 0 Å². The monoisotopic (exact) mass is 317 g/mol. The molecule has 0 heterocycles. The van der Waals surface area contributed by atoms with Gasteiger partial charge in [0.05, 0.1) is 11.6 Å². The minimum Gasteiger partial charge on any atom is -0.493 e. The van der Waals surface area contributed by atoms with Crippen LogP contribution >= 0.6 is 15.9 Å². The first-order valence-electron chi connectivity index (χ1n) is 5.94. The molecule has 0 aliphatic carbocycles. The van der Waals surface area contributed by atoms with E-state index in [9.17, 15) is 0 Å². The number of para-hydroxylation sites is 1. The minimum atomic E-state index is 0.603. The maximum Gasteiger partial charge on any atom is 0.175 e. The van der Waals surface area contributed by atoms with Crippen LogP contribution in [0.25, 0.3) is 0 Å². The summed E-state index contributed by atoms with van der Waals surface area (Å²) in [4.78, 5) is 0. The van der Waals surface area contributed by atoms with Crippen molar-refractivity contribution in [3.63, 3.8) is 0 Å². The van der Waals surface area contributed by atoms with Crippen LogP contribution in [0.15, 0.2) is 22.7 Å². The van der Waals surface area contributed by atoms with Crippen molar-refractivity contribution in [1.82, 2.24) is 5.32 Å². The Bertz CT molecular complexity index is 347. The lowest BCUT2D eigenvalue weighted by Gasteiger charge is -2.12. The molecule has 0 saturated carbocycles. The molecular formula is C13H20BrNO3. The Morgan fingerprint density at radius 2 is 2.00 bits per heavy atom. The molecule has 0 aromatic heterocycles. The first-order valence-corrected chi connectivity index (χ1v) is 6.74. The van der Waals surface area contributed by atoms with Gasteiger partial charge < -0.3 is 19.5 Å². The average molecular weight is 318 g/mol. The van der Waals surface area contributed by atoms with Gasteiger partial charge in [-0.3, -0.25) is 0 Å². The van der Waals surface area contributed by atoms with Gasteiger partial charge in [-0.1, -0.05) is 6.07 Å². The second-order valence-corrected chi connectivity index (χ2v) is 4.57. The number of hydrogen-bond donors (Lipinski definition) is 1. The molecular weight excluding hydrogens is 298 g/mol. The summed E-state index contributed by atoms with van der Waals surface area (Å²) in [6, 6.07) is 5.73. The van der Waals surface area contributed by atoms with Gasteiger partial charge in [-0.2, -0.15) is 0 Å². The normalized spacial score (nSPS) is 10.4. The topological polar surface area (TPSA) is 39.7 Å². The van der Waals surface area contributed by atoms with Gasteiger partial charge in [0.15, 0.2) is 11.5 Å². The molecule has 102 valence electrons. The van der Waals surface area contributed by atoms with E-state index >= 15 is 0 Å². The fourth-order valence-electron chi connectivity index (χ4n) is 1.48. The van der Waals surface area contributed by atoms with Crippen molar-refractivity contribution in [1.29, 1.82) is 0 Å². The van der Waals surface area contributed by atoms with E-state index in [1.54, 1.807) is 14.2 Å². The number of benzene rings is 1. The van der Waals surface area contributed by atoms with E-state index < -0.39 is 0 Å². The second-order valence-electron chi connectivity index (χ2n) is 3.72. The molecule has 0 atom stereocenters. The summed E-state index contributed by atoms with van der Waals surface area (Å²) in [5.41, 5.74) is 0. The molecule has 0 fully saturated rings. The summed E-state index contributed by atoms with van der Waals surface area (Å²) in [5.74, 6) is 1.49. The number of hydrogen-bond acceptors (Lipinski definition) is 4. The molecule has 0 aliphatic heterocycles. The van der Waals surface area contributed by atoms with Crippen LogP contribution in [0, 0.1) is 0 Å². The summed E-state index contributed by atoms with van der Waals surface area (Å²) in [7, 11) is 3.35. The summed E-state index contributed by atoms with van der Waals surface area (Å²) in [6.07, 6.45) is 1.01. The molecule has 0 bridgehead atoms. The summed E-state index contributed by atoms with van der Waals surface area (Å²) >= 11 is 3.45. The summed E-state index contributed by atoms with van der Waals surface area (Å²) in [5, 5.41) is 3.29. The van der Waals surface area contributed by atoms with Crippen molar-refractivity contribution in [3.05, 3.63) is 22.7 Å². The first kappa shape index (κ1) is 15.3. The van der Waals surface area contributed by atoms with Gasteiger partial charge in [-0.25, -0.2) is 0 Å². The highest BCUT2D eigenvalue weighted by atomic mass is 79.9. The lowest BCUT2D eigenvalue weighted by atomic mass is 10.3. The van der Waals surface area contributed by atoms with E-state index in [1.165, 1.54) is 0 Å². The van der Waals surface area contributed by atoms with E-state index in [0.29, 0.717) is 6.61 Å². The van der Waals surface area contributed by atoms with Crippen LogP contribution in [0.3, 0.4) is 0 Å². The van der Waals surface area contributed by atoms with Gasteiger partial charge in [0, 0.05) is 20.3 Å². The molecule has 1 aromatic carbocycles. The Hall–Kier alpha value is -0.780. The largest absolute Gasteiger partial charge is 0.493 e. The third kappa shape index (κ3) is 5.25. The molecule has 0 radical (unpaired) electrons. The van der Waals surface area contributed by atoms with Crippen LogP contribution < -0.4 is 14.8 Å². The van der Waals surface area contributed by atoms with Gasteiger partial charge in [-0.05, 0) is 41.0 Å². The molecule has 0 amide bonds. The third-order valence-electron chi connectivity index (χ3n) is 2.38. The molecule has 4 nitrogen and oxygen atoms in total. The van der Waals surface area contributed by atoms with Crippen molar-refractivity contribution in [2.75, 3.05) is 40.5 Å². The highest BCUT2D eigenvalue weighted by Gasteiger charge is 2.07. The van der Waals surface area contributed by atoms with Crippen LogP contribution in [0.2, 0.25) is 0 Å². The van der Waals surface area contributed by atoms with Crippen molar-refractivity contribution >= 4 is 15.9 Å². The van der Waals surface area contributed by atoms with Gasteiger partial charge in [0.1, 0.15) is 6.61 Å². The van der Waals surface area contributed by atoms with Crippen molar-refractivity contribution in [2.45, 2.75) is 6.42 Å². The molecule has 1 rings (SSSR count). The fraction of sp³-hybridized carbons (Fsp3) is 0.538. The number of halogens is 1. The quantitative estimate of drug-likeness (QED) is 0.710. The lowest BCUT2D eigenvalue weighted by Crippen LogP contribution is -2.23. The molecule has 0 saturated heterocycles. The standard InChI is InChI=1S/C13H20BrNO3/c1-16-9-4-7-15-8-10-18-13-11(14)5-3-6-12(13)17-2/h3,5-6,15H,4,7-10H2,1-2H3. The SMILES string of the molecule is COCCCNCCOc1c(Br)cccc1OC. The highest BCUT2D eigenvalue weighted by Crippen LogP contribution is 2.34. The fourth-order valence-corrected chi connectivity index (χ4v) is 1.94. The number of nitrogens with one attached hydrogen (secondary N) is 1. The van der Waals surface area contributed by atoms with Crippen LogP contribution in [0.1, 0.15) is 6.42 Å². The zero-order valence-electron chi connectivity index (χ0n) is 10.9. The van der Waals surface area contributed by atoms with Crippen LogP contribution in [0.5, 0.6) is 11.5 Å². The maximum atomic E-state index is 5.70. The zero-order valence-corrected chi connectivity index (χ0v) is 12.5. The Morgan fingerprint density at radius 3 is 2.72 bits per heavy atom. The molecule has 0 unspecified atom stereocenters. The summed E-state index contributed by atoms with van der Waals surface area (Å²) in [6.45, 7) is 3.12. The van der Waals surface area contributed by atoms with Crippen molar-refractivity contribution in [3.8, 4) is 11.5 Å². The minimum absolute atomic E-state index is 0.603. The Labute approximate surface area is 117 Å². The first-order chi connectivity index (χ1) is 8.79. The van der Waals surface area contributed by atoms with E-state index in [-0.39, 0.29) is 0 Å². The predicted molar refractivity (Wildman–Crippen MR) is 75.6 cm³/mol. The van der Waals surface area contributed by atoms with Crippen LogP contribution in [-0.4, -0.2) is 40.5 Å². The highest BCUT2D eigenvalue weighted by molar-refractivity contribution is 9.10. The van der Waals surface area contributed by atoms with Crippen LogP contribution in [0.4, 0.5) is 0 Å². The molecule has 1 aromatic rings. The zero-order chi connectivity index (χ0) is 13.2. The number of methoxy groups -OCH3 is 2. The molecule has 0 aliphatic rings. The summed E-state index contributed by atoms with van der Waals surface area (Å²) < 4.78 is 16.8. The Morgan fingerprint density at radius 1 is 1.17 bits per heavy atom. The lowest BCUT2D eigenvalue weighted by molar-refractivity contribution is 0.193. The molecule has 1 N–H and O–H groups in total. The molecule has 18 heavy (non-hydrogen) atoms. The smallest absolute Gasteiger partial charge is 0.175 e. The molecule has 5 heteroatoms. The maximum absolute atomic E-state index is 5.70. The number of ether oxygens (including phenoxy) is 3. The second kappa shape index (κ2) is 9.19. The predicted octanol–water partition coefficient (Wildman–Crippen LogP) is 2.46. The van der Waals surface area contributed by atoms with E-state index in [4.69, 9.17) is 14.2 Å². The van der Waals surface area contributed by atoms with Crippen LogP contribution in [-0.2, 0) is 4.74 Å². The third-order valence-corrected chi connectivity index (χ3v) is 3.00. The molecule has 0 spiro atoms. The van der Waals surface area contributed by atoms with E-state index in [1.807, 2.05) is 18.2 Å². The van der Waals surface area contributed by atoms with E-state index in [0.717, 1.165) is 42.1 Å². The van der Waals surface area contributed by atoms with E-state index in [2.05, 4.69) is 21.2 Å². The van der Waals surface area contributed by atoms with Gasteiger partial charge in [0.25, 0.3) is 0 Å². The van der Waals surface area contributed by atoms with Gasteiger partial charge in [0.2, 0.25) is 0 Å². The Kier molecular flexibility index (Phi) is 7.80.